The molecule has 0 aromatic carbocycles. The fourth-order valence-corrected chi connectivity index (χ4v) is 9.15. The SMILES string of the molecule is CCCCCCCCCCCCCCCCCCCCCCCCOCC(COP(=O)(O)OC1C(O)C(O)C(O)C(O)C1O)OC(=O)CCCCCCCCCCCCCC. The fourth-order valence-electron chi connectivity index (χ4n) is 8.18. The molecule has 6 unspecified atom stereocenters. The van der Waals surface area contributed by atoms with Gasteiger partial charge in [-0.05, 0) is 12.8 Å². The lowest BCUT2D eigenvalue weighted by atomic mass is 9.85. The van der Waals surface area contributed by atoms with Crippen molar-refractivity contribution in [2.75, 3.05) is 19.8 Å². The Balaban J connectivity index is 2.28. The first-order chi connectivity index (χ1) is 29.5. The van der Waals surface area contributed by atoms with E-state index in [2.05, 4.69) is 13.8 Å². The minimum Gasteiger partial charge on any atom is -0.457 e. The van der Waals surface area contributed by atoms with Crippen molar-refractivity contribution in [1.82, 2.24) is 0 Å². The Bertz CT molecular complexity index is 1020. The molecule has 0 heterocycles. The maximum absolute atomic E-state index is 12.8. The molecule has 0 aromatic rings. The van der Waals surface area contributed by atoms with Crippen LogP contribution in [0.15, 0.2) is 0 Å². The van der Waals surface area contributed by atoms with Gasteiger partial charge in [-0.25, -0.2) is 4.57 Å². The third kappa shape index (κ3) is 31.8. The zero-order valence-corrected chi connectivity index (χ0v) is 39.9. The van der Waals surface area contributed by atoms with Crippen LogP contribution in [0.3, 0.4) is 0 Å². The summed E-state index contributed by atoms with van der Waals surface area (Å²) in [6.07, 6.45) is 30.4. The maximum atomic E-state index is 12.8. The van der Waals surface area contributed by atoms with Crippen LogP contribution in [-0.2, 0) is 27.9 Å². The number of phosphoric acid groups is 1. The van der Waals surface area contributed by atoms with E-state index in [9.17, 15) is 39.8 Å². The van der Waals surface area contributed by atoms with Gasteiger partial charge in [0.1, 0.15) is 42.7 Å². The van der Waals surface area contributed by atoms with E-state index in [1.165, 1.54) is 173 Å². The minimum absolute atomic E-state index is 0.0677. The molecule has 1 fully saturated rings. The average molecular weight is 895 g/mol. The van der Waals surface area contributed by atoms with Crippen LogP contribution in [0.5, 0.6) is 0 Å². The van der Waals surface area contributed by atoms with E-state index in [4.69, 9.17) is 18.5 Å². The lowest BCUT2D eigenvalue weighted by molar-refractivity contribution is -0.220. The first-order valence-electron chi connectivity index (χ1n) is 25.4. The summed E-state index contributed by atoms with van der Waals surface area (Å²) in [5.41, 5.74) is 0. The van der Waals surface area contributed by atoms with Crippen LogP contribution in [0.25, 0.3) is 0 Å². The number of ether oxygens (including phenoxy) is 2. The summed E-state index contributed by atoms with van der Waals surface area (Å²) in [6.45, 7) is 4.30. The summed E-state index contributed by atoms with van der Waals surface area (Å²) in [6, 6.07) is 0. The van der Waals surface area contributed by atoms with E-state index < -0.39 is 63.1 Å². The number of phosphoric ester groups is 1. The molecule has 61 heavy (non-hydrogen) atoms. The highest BCUT2D eigenvalue weighted by molar-refractivity contribution is 7.47. The lowest BCUT2D eigenvalue weighted by Gasteiger charge is -2.41. The van der Waals surface area contributed by atoms with E-state index >= 15 is 0 Å². The van der Waals surface area contributed by atoms with E-state index in [0.29, 0.717) is 13.0 Å². The Morgan fingerprint density at radius 2 is 0.770 bits per heavy atom. The van der Waals surface area contributed by atoms with Gasteiger partial charge in [-0.15, -0.1) is 0 Å². The molecule has 0 radical (unpaired) electrons. The lowest BCUT2D eigenvalue weighted by Crippen LogP contribution is -2.64. The number of hydrogen-bond donors (Lipinski definition) is 6. The first-order valence-corrected chi connectivity index (χ1v) is 26.9. The maximum Gasteiger partial charge on any atom is 0.472 e. The fraction of sp³-hybridized carbons (Fsp3) is 0.979. The molecule has 0 amide bonds. The van der Waals surface area contributed by atoms with Crippen molar-refractivity contribution in [1.29, 1.82) is 0 Å². The Kier molecular flexibility index (Phi) is 38.0. The van der Waals surface area contributed by atoms with Crippen LogP contribution in [0.2, 0.25) is 0 Å². The second kappa shape index (κ2) is 39.7. The van der Waals surface area contributed by atoms with E-state index in [-0.39, 0.29) is 13.0 Å². The highest BCUT2D eigenvalue weighted by atomic mass is 31.2. The molecule has 1 saturated carbocycles. The normalized spacial score (nSPS) is 22.0. The molecule has 12 nitrogen and oxygen atoms in total. The number of aliphatic hydroxyl groups excluding tert-OH is 5. The molecular formula is C48H95O12P. The number of carbonyl (C=O) groups is 1. The van der Waals surface area contributed by atoms with Crippen molar-refractivity contribution in [3.8, 4) is 0 Å². The van der Waals surface area contributed by atoms with Crippen molar-refractivity contribution >= 4 is 13.8 Å². The van der Waals surface area contributed by atoms with Crippen molar-refractivity contribution in [2.24, 2.45) is 0 Å². The molecule has 13 heteroatoms. The van der Waals surface area contributed by atoms with Crippen molar-refractivity contribution < 1.29 is 58.3 Å². The number of aliphatic hydroxyl groups is 5. The van der Waals surface area contributed by atoms with Gasteiger partial charge in [-0.2, -0.15) is 0 Å². The number of unbranched alkanes of at least 4 members (excludes halogenated alkanes) is 32. The molecule has 1 aliphatic rings. The molecule has 1 aliphatic carbocycles. The van der Waals surface area contributed by atoms with Crippen LogP contribution < -0.4 is 0 Å². The van der Waals surface area contributed by atoms with Crippen molar-refractivity contribution in [3.63, 3.8) is 0 Å². The van der Waals surface area contributed by atoms with Gasteiger partial charge in [0, 0.05) is 13.0 Å². The molecule has 0 aromatic heterocycles. The molecule has 0 saturated heterocycles. The van der Waals surface area contributed by atoms with Gasteiger partial charge < -0.3 is 39.9 Å². The molecule has 364 valence electrons. The molecular weight excluding hydrogens is 799 g/mol. The van der Waals surface area contributed by atoms with E-state index in [0.717, 1.165) is 38.5 Å². The molecule has 0 aliphatic heterocycles. The van der Waals surface area contributed by atoms with Gasteiger partial charge in [0.25, 0.3) is 0 Å². The van der Waals surface area contributed by atoms with Crippen LogP contribution in [-0.4, -0.2) is 98.9 Å². The zero-order chi connectivity index (χ0) is 44.8. The predicted molar refractivity (Wildman–Crippen MR) is 244 cm³/mol. The summed E-state index contributed by atoms with van der Waals surface area (Å²) in [5, 5.41) is 50.2. The topological polar surface area (TPSA) is 192 Å². The number of hydrogen-bond acceptors (Lipinski definition) is 11. The Labute approximate surface area is 372 Å². The summed E-state index contributed by atoms with van der Waals surface area (Å²) in [4.78, 5) is 23.2. The molecule has 6 atom stereocenters. The van der Waals surface area contributed by atoms with Crippen LogP contribution in [0.1, 0.15) is 239 Å². The molecule has 0 bridgehead atoms. The smallest absolute Gasteiger partial charge is 0.457 e. The highest BCUT2D eigenvalue weighted by Crippen LogP contribution is 2.47. The average Bonchev–Trinajstić information content (AvgIpc) is 3.24. The van der Waals surface area contributed by atoms with Gasteiger partial charge in [0.2, 0.25) is 0 Å². The highest BCUT2D eigenvalue weighted by Gasteiger charge is 2.51. The summed E-state index contributed by atoms with van der Waals surface area (Å²) < 4.78 is 34.2. The second-order valence-corrected chi connectivity index (χ2v) is 19.4. The minimum atomic E-state index is -5.01. The third-order valence-corrected chi connectivity index (χ3v) is 13.2. The first kappa shape index (κ1) is 58.4. The van der Waals surface area contributed by atoms with E-state index in [1.807, 2.05) is 0 Å². The van der Waals surface area contributed by atoms with Gasteiger partial charge in [-0.1, -0.05) is 219 Å². The van der Waals surface area contributed by atoms with Gasteiger partial charge in [-0.3, -0.25) is 13.8 Å². The summed E-state index contributed by atoms with van der Waals surface area (Å²) in [7, 11) is -5.01. The number of rotatable bonds is 44. The van der Waals surface area contributed by atoms with E-state index in [1.54, 1.807) is 0 Å². The summed E-state index contributed by atoms with van der Waals surface area (Å²) in [5.74, 6) is -0.472. The Hall–Kier alpha value is -0.660. The Morgan fingerprint density at radius 1 is 0.459 bits per heavy atom. The third-order valence-electron chi connectivity index (χ3n) is 12.2. The number of esters is 1. The summed E-state index contributed by atoms with van der Waals surface area (Å²) >= 11 is 0. The van der Waals surface area contributed by atoms with Gasteiger partial charge in [0.05, 0.1) is 13.2 Å². The Morgan fingerprint density at radius 3 is 1.13 bits per heavy atom. The zero-order valence-electron chi connectivity index (χ0n) is 39.0. The van der Waals surface area contributed by atoms with Crippen molar-refractivity contribution in [3.05, 3.63) is 0 Å². The van der Waals surface area contributed by atoms with Crippen LogP contribution in [0.4, 0.5) is 0 Å². The standard InChI is InChI=1S/C48H95O12P/c1-3-5-7-9-11-13-15-17-18-19-20-21-22-23-24-25-26-28-30-32-34-36-38-57-39-41(59-42(49)37-35-33-31-29-27-16-14-12-10-8-6-4-2)40-58-61(55,56)60-48-46(53)44(51)43(50)45(52)47(48)54/h41,43-48,50-54H,3-40H2,1-2H3,(H,55,56). The quantitative estimate of drug-likeness (QED) is 0.0193. The largest absolute Gasteiger partial charge is 0.472 e. The van der Waals surface area contributed by atoms with Crippen LogP contribution >= 0.6 is 7.82 Å². The van der Waals surface area contributed by atoms with Gasteiger partial charge in [0.15, 0.2) is 0 Å². The van der Waals surface area contributed by atoms with Gasteiger partial charge >= 0.3 is 13.8 Å². The number of carbonyl (C=O) groups excluding carboxylic acids is 1. The predicted octanol–water partition coefficient (Wildman–Crippen LogP) is 10.9. The molecule has 1 rings (SSSR count). The molecule has 0 spiro atoms. The monoisotopic (exact) mass is 895 g/mol. The molecule has 6 N–H and O–H groups in total. The van der Waals surface area contributed by atoms with Crippen LogP contribution in [0, 0.1) is 0 Å². The second-order valence-electron chi connectivity index (χ2n) is 18.0. The van der Waals surface area contributed by atoms with Crippen molar-refractivity contribution in [2.45, 2.75) is 281 Å².